The van der Waals surface area contributed by atoms with Crippen LogP contribution in [-0.2, 0) is 17.6 Å². The Labute approximate surface area is 120 Å². The van der Waals surface area contributed by atoms with Crippen LogP contribution in [0.2, 0.25) is 0 Å². The summed E-state index contributed by atoms with van der Waals surface area (Å²) in [5.74, 6) is -1.25. The van der Waals surface area contributed by atoms with Crippen LogP contribution >= 0.6 is 0 Å². The number of carbonyl (C=O) groups excluding carboxylic acids is 2. The Balaban J connectivity index is 3.06. The summed E-state index contributed by atoms with van der Waals surface area (Å²) in [5.41, 5.74) is 2.26. The Bertz CT molecular complexity index is 492. The summed E-state index contributed by atoms with van der Waals surface area (Å²) in [6.45, 7) is 7.61. The molecule has 0 bridgehead atoms. The van der Waals surface area contributed by atoms with Crippen molar-refractivity contribution in [1.82, 2.24) is 0 Å². The molecule has 0 spiro atoms. The average molecular weight is 278 g/mol. The van der Waals surface area contributed by atoms with Gasteiger partial charge in [0.15, 0.2) is 5.78 Å². The fourth-order valence-corrected chi connectivity index (χ4v) is 2.40. The maximum absolute atomic E-state index is 14.1. The molecule has 0 amide bonds. The van der Waals surface area contributed by atoms with Crippen LogP contribution in [0.4, 0.5) is 4.39 Å². The van der Waals surface area contributed by atoms with E-state index in [-0.39, 0.29) is 12.3 Å². The Kier molecular flexibility index (Phi) is 6.05. The highest BCUT2D eigenvalue weighted by atomic mass is 19.1. The number of benzene rings is 1. The monoisotopic (exact) mass is 278 g/mol. The number of halogens is 1. The van der Waals surface area contributed by atoms with Crippen molar-refractivity contribution in [1.29, 1.82) is 0 Å². The van der Waals surface area contributed by atoms with Crippen LogP contribution in [0, 0.1) is 5.92 Å². The fraction of sp³-hybridized carbons (Fsp3) is 0.529. The first-order chi connectivity index (χ1) is 9.42. The lowest BCUT2D eigenvalue weighted by molar-refractivity contribution is -0.122. The van der Waals surface area contributed by atoms with Crippen molar-refractivity contribution in [2.45, 2.75) is 53.1 Å². The largest absolute Gasteiger partial charge is 0.296 e. The fourth-order valence-electron chi connectivity index (χ4n) is 2.40. The molecule has 0 saturated carbocycles. The van der Waals surface area contributed by atoms with Crippen LogP contribution < -0.4 is 0 Å². The number of rotatable bonds is 7. The van der Waals surface area contributed by atoms with Crippen molar-refractivity contribution in [2.75, 3.05) is 0 Å². The predicted octanol–water partition coefficient (Wildman–Crippen LogP) is 3.95. The Morgan fingerprint density at radius 1 is 1.15 bits per heavy atom. The number of carbonyl (C=O) groups is 2. The molecular formula is C17H23FO2. The molecule has 0 saturated heterocycles. The van der Waals surface area contributed by atoms with Crippen molar-refractivity contribution in [3.8, 4) is 0 Å². The summed E-state index contributed by atoms with van der Waals surface area (Å²) in [6, 6.07) is 5.32. The first kappa shape index (κ1) is 16.5. The lowest BCUT2D eigenvalue weighted by Gasteiger charge is -2.14. The topological polar surface area (TPSA) is 34.1 Å². The van der Waals surface area contributed by atoms with Crippen LogP contribution in [0.1, 0.15) is 55.6 Å². The third kappa shape index (κ3) is 3.75. The maximum Gasteiger partial charge on any atom is 0.220 e. The van der Waals surface area contributed by atoms with E-state index >= 15 is 0 Å². The zero-order valence-electron chi connectivity index (χ0n) is 12.7. The van der Waals surface area contributed by atoms with Gasteiger partial charge in [-0.05, 0) is 29.9 Å². The summed E-state index contributed by atoms with van der Waals surface area (Å²) < 4.78 is 14.1. The number of alkyl halides is 1. The summed E-state index contributed by atoms with van der Waals surface area (Å²) in [5, 5.41) is 0. The zero-order chi connectivity index (χ0) is 15.3. The molecule has 1 unspecified atom stereocenters. The van der Waals surface area contributed by atoms with Gasteiger partial charge in [0.2, 0.25) is 12.0 Å². The van der Waals surface area contributed by atoms with Crippen LogP contribution in [-0.4, -0.2) is 17.7 Å². The third-order valence-corrected chi connectivity index (χ3v) is 3.40. The van der Waals surface area contributed by atoms with Crippen molar-refractivity contribution >= 4 is 11.6 Å². The zero-order valence-corrected chi connectivity index (χ0v) is 12.7. The second-order valence-corrected chi connectivity index (χ2v) is 5.44. The number of aryl methyl sites for hydroxylation is 1. The van der Waals surface area contributed by atoms with Gasteiger partial charge in [0.25, 0.3) is 0 Å². The van der Waals surface area contributed by atoms with E-state index in [0.29, 0.717) is 12.0 Å². The van der Waals surface area contributed by atoms with E-state index in [1.54, 1.807) is 12.1 Å². The molecule has 0 radical (unpaired) electrons. The Morgan fingerprint density at radius 3 is 2.30 bits per heavy atom. The van der Waals surface area contributed by atoms with E-state index in [1.807, 2.05) is 33.8 Å². The molecule has 0 aliphatic heterocycles. The molecule has 1 rings (SSSR count). The normalized spacial score (nSPS) is 12.5. The SMILES string of the molecule is CCc1cccc(C(=O)C(F)C(=O)CC(C)C)c1CC. The number of hydrogen-bond donors (Lipinski definition) is 0. The maximum atomic E-state index is 14.1. The Hall–Kier alpha value is -1.51. The first-order valence-corrected chi connectivity index (χ1v) is 7.24. The molecule has 110 valence electrons. The van der Waals surface area contributed by atoms with Crippen molar-refractivity contribution < 1.29 is 14.0 Å². The molecule has 0 N–H and O–H groups in total. The van der Waals surface area contributed by atoms with Crippen LogP contribution in [0.3, 0.4) is 0 Å². The van der Waals surface area contributed by atoms with Crippen LogP contribution in [0.25, 0.3) is 0 Å². The molecule has 1 aromatic carbocycles. The highest BCUT2D eigenvalue weighted by Crippen LogP contribution is 2.20. The molecule has 1 atom stereocenters. The molecule has 0 fully saturated rings. The second kappa shape index (κ2) is 7.32. The second-order valence-electron chi connectivity index (χ2n) is 5.44. The van der Waals surface area contributed by atoms with E-state index in [1.165, 1.54) is 0 Å². The molecule has 0 aliphatic rings. The van der Waals surface area contributed by atoms with E-state index in [0.717, 1.165) is 17.5 Å². The number of hydrogen-bond acceptors (Lipinski definition) is 2. The minimum absolute atomic E-state index is 0.0566. The van der Waals surface area contributed by atoms with Crippen molar-refractivity contribution in [3.63, 3.8) is 0 Å². The van der Waals surface area contributed by atoms with Gasteiger partial charge in [-0.25, -0.2) is 4.39 Å². The van der Waals surface area contributed by atoms with Crippen molar-refractivity contribution in [2.24, 2.45) is 5.92 Å². The summed E-state index contributed by atoms with van der Waals surface area (Å²) in [7, 11) is 0. The molecule has 20 heavy (non-hydrogen) atoms. The molecule has 3 heteroatoms. The number of Topliss-reactive ketones (excluding diaryl/α,β-unsaturated/α-hetero) is 2. The molecule has 0 aliphatic carbocycles. The predicted molar refractivity (Wildman–Crippen MR) is 78.9 cm³/mol. The quantitative estimate of drug-likeness (QED) is 0.559. The van der Waals surface area contributed by atoms with Crippen molar-refractivity contribution in [3.05, 3.63) is 34.9 Å². The molecule has 0 heterocycles. The molecule has 1 aromatic rings. The van der Waals surface area contributed by atoms with Gasteiger partial charge in [0.05, 0.1) is 0 Å². The van der Waals surface area contributed by atoms with Gasteiger partial charge in [-0.3, -0.25) is 9.59 Å². The summed E-state index contributed by atoms with van der Waals surface area (Å²) in [6.07, 6.45) is -0.478. The minimum atomic E-state index is -2.03. The van der Waals surface area contributed by atoms with E-state index in [2.05, 4.69) is 0 Å². The van der Waals surface area contributed by atoms with E-state index in [9.17, 15) is 14.0 Å². The molecule has 2 nitrogen and oxygen atoms in total. The van der Waals surface area contributed by atoms with Crippen LogP contribution in [0.15, 0.2) is 18.2 Å². The number of ketones is 2. The highest BCUT2D eigenvalue weighted by Gasteiger charge is 2.28. The van der Waals surface area contributed by atoms with Gasteiger partial charge in [0, 0.05) is 12.0 Å². The lowest BCUT2D eigenvalue weighted by Crippen LogP contribution is -2.28. The summed E-state index contributed by atoms with van der Waals surface area (Å²) >= 11 is 0. The molecule has 0 aromatic heterocycles. The highest BCUT2D eigenvalue weighted by molar-refractivity contribution is 6.13. The standard InChI is InChI=1S/C17H23FO2/c1-5-12-8-7-9-14(13(12)6-2)17(20)16(18)15(19)10-11(3)4/h7-9,11,16H,5-6,10H2,1-4H3. The van der Waals surface area contributed by atoms with Gasteiger partial charge in [-0.15, -0.1) is 0 Å². The minimum Gasteiger partial charge on any atom is -0.296 e. The summed E-state index contributed by atoms with van der Waals surface area (Å²) in [4.78, 5) is 23.9. The van der Waals surface area contributed by atoms with Gasteiger partial charge in [-0.1, -0.05) is 45.9 Å². The van der Waals surface area contributed by atoms with Gasteiger partial charge in [-0.2, -0.15) is 0 Å². The van der Waals surface area contributed by atoms with Gasteiger partial charge in [0.1, 0.15) is 0 Å². The van der Waals surface area contributed by atoms with Gasteiger partial charge < -0.3 is 0 Å². The van der Waals surface area contributed by atoms with E-state index in [4.69, 9.17) is 0 Å². The first-order valence-electron chi connectivity index (χ1n) is 7.24. The third-order valence-electron chi connectivity index (χ3n) is 3.40. The van der Waals surface area contributed by atoms with Crippen LogP contribution in [0.5, 0.6) is 0 Å². The van der Waals surface area contributed by atoms with E-state index < -0.39 is 17.7 Å². The smallest absolute Gasteiger partial charge is 0.220 e. The molecular weight excluding hydrogens is 255 g/mol. The Morgan fingerprint density at radius 2 is 1.80 bits per heavy atom. The lowest BCUT2D eigenvalue weighted by atomic mass is 9.91. The average Bonchev–Trinajstić information content (AvgIpc) is 2.43. The van der Waals surface area contributed by atoms with Gasteiger partial charge >= 0.3 is 0 Å².